The first-order valence-corrected chi connectivity index (χ1v) is 6.56. The molecular formula is C15H25NO. The molecule has 0 atom stereocenters. The lowest BCUT2D eigenvalue weighted by molar-refractivity contribution is 0.304. The number of aryl methyl sites for hydroxylation is 3. The van der Waals surface area contributed by atoms with Crippen molar-refractivity contribution in [2.45, 2.75) is 40.5 Å². The Morgan fingerprint density at radius 2 is 1.71 bits per heavy atom. The molecule has 0 spiro atoms. The second kappa shape index (κ2) is 7.33. The number of benzene rings is 1. The highest BCUT2D eigenvalue weighted by Crippen LogP contribution is 2.24. The molecule has 2 nitrogen and oxygen atoms in total. The van der Waals surface area contributed by atoms with E-state index in [2.05, 4.69) is 45.1 Å². The van der Waals surface area contributed by atoms with Crippen molar-refractivity contribution in [1.29, 1.82) is 0 Å². The molecule has 1 aromatic carbocycles. The van der Waals surface area contributed by atoms with Crippen LogP contribution in [0.15, 0.2) is 12.1 Å². The third kappa shape index (κ3) is 4.78. The Kier molecular flexibility index (Phi) is 6.06. The van der Waals surface area contributed by atoms with Gasteiger partial charge < -0.3 is 10.1 Å². The van der Waals surface area contributed by atoms with Crippen molar-refractivity contribution in [3.8, 4) is 5.75 Å². The van der Waals surface area contributed by atoms with Crippen LogP contribution in [0.4, 0.5) is 0 Å². The second-order valence-electron chi connectivity index (χ2n) is 4.68. The van der Waals surface area contributed by atoms with Crippen molar-refractivity contribution in [1.82, 2.24) is 5.32 Å². The lowest BCUT2D eigenvalue weighted by atomic mass is 10.1. The van der Waals surface area contributed by atoms with E-state index < -0.39 is 0 Å². The molecule has 0 radical (unpaired) electrons. The summed E-state index contributed by atoms with van der Waals surface area (Å²) in [6.45, 7) is 11.5. The average molecular weight is 235 g/mol. The zero-order valence-corrected chi connectivity index (χ0v) is 11.6. The van der Waals surface area contributed by atoms with Gasteiger partial charge in [0, 0.05) is 0 Å². The van der Waals surface area contributed by atoms with Crippen LogP contribution < -0.4 is 10.1 Å². The van der Waals surface area contributed by atoms with Crippen molar-refractivity contribution in [3.05, 3.63) is 28.8 Å². The van der Waals surface area contributed by atoms with Gasteiger partial charge in [0.25, 0.3) is 0 Å². The van der Waals surface area contributed by atoms with Crippen LogP contribution in [-0.2, 0) is 0 Å². The molecule has 96 valence electrons. The maximum Gasteiger partial charge on any atom is 0.125 e. The van der Waals surface area contributed by atoms with E-state index in [0.717, 1.165) is 31.9 Å². The van der Waals surface area contributed by atoms with Crippen molar-refractivity contribution >= 4 is 0 Å². The van der Waals surface area contributed by atoms with Crippen molar-refractivity contribution in [2.24, 2.45) is 0 Å². The average Bonchev–Trinajstić information content (AvgIpc) is 2.26. The highest BCUT2D eigenvalue weighted by Gasteiger charge is 2.04. The van der Waals surface area contributed by atoms with Crippen LogP contribution in [0.5, 0.6) is 5.75 Å². The number of rotatable bonds is 7. The molecule has 0 saturated carbocycles. The molecule has 0 heterocycles. The summed E-state index contributed by atoms with van der Waals surface area (Å²) in [6, 6.07) is 4.36. The quantitative estimate of drug-likeness (QED) is 0.732. The summed E-state index contributed by atoms with van der Waals surface area (Å²) in [5, 5.41) is 3.38. The van der Waals surface area contributed by atoms with Gasteiger partial charge in [-0.15, -0.1) is 0 Å². The molecule has 17 heavy (non-hydrogen) atoms. The fraction of sp³-hybridized carbons (Fsp3) is 0.600. The number of nitrogens with one attached hydrogen (secondary N) is 1. The molecule has 2 heteroatoms. The Bertz CT molecular complexity index is 324. The van der Waals surface area contributed by atoms with Crippen molar-refractivity contribution in [2.75, 3.05) is 19.7 Å². The first-order valence-electron chi connectivity index (χ1n) is 6.56. The van der Waals surface area contributed by atoms with E-state index in [1.54, 1.807) is 0 Å². The minimum Gasteiger partial charge on any atom is -0.493 e. The molecule has 1 N–H and O–H groups in total. The lowest BCUT2D eigenvalue weighted by Gasteiger charge is -2.13. The second-order valence-corrected chi connectivity index (χ2v) is 4.68. The molecule has 0 aliphatic heterocycles. The number of hydrogen-bond donors (Lipinski definition) is 1. The minimum absolute atomic E-state index is 0.793. The van der Waals surface area contributed by atoms with Gasteiger partial charge in [0.05, 0.1) is 6.61 Å². The molecule has 0 amide bonds. The SMILES string of the molecule is CCCNCCCOc1c(C)cc(C)cc1C. The van der Waals surface area contributed by atoms with Crippen LogP contribution >= 0.6 is 0 Å². The first-order chi connectivity index (χ1) is 8.15. The molecule has 1 rings (SSSR count). The highest BCUT2D eigenvalue weighted by molar-refractivity contribution is 5.42. The standard InChI is InChI=1S/C15H25NO/c1-5-7-16-8-6-9-17-15-13(3)10-12(2)11-14(15)4/h10-11,16H,5-9H2,1-4H3. The molecule has 1 aromatic rings. The monoisotopic (exact) mass is 235 g/mol. The normalized spacial score (nSPS) is 10.6. The smallest absolute Gasteiger partial charge is 0.125 e. The fourth-order valence-corrected chi connectivity index (χ4v) is 2.07. The van der Waals surface area contributed by atoms with Crippen LogP contribution in [0.1, 0.15) is 36.5 Å². The van der Waals surface area contributed by atoms with Crippen molar-refractivity contribution in [3.63, 3.8) is 0 Å². The Balaban J connectivity index is 2.36. The maximum atomic E-state index is 5.86. The van der Waals surface area contributed by atoms with Crippen LogP contribution in [0.3, 0.4) is 0 Å². The summed E-state index contributed by atoms with van der Waals surface area (Å²) in [5.74, 6) is 1.06. The van der Waals surface area contributed by atoms with Crippen LogP contribution in [0, 0.1) is 20.8 Å². The van der Waals surface area contributed by atoms with Crippen LogP contribution in [0.2, 0.25) is 0 Å². The highest BCUT2D eigenvalue weighted by atomic mass is 16.5. The van der Waals surface area contributed by atoms with E-state index in [0.29, 0.717) is 0 Å². The topological polar surface area (TPSA) is 21.3 Å². The largest absolute Gasteiger partial charge is 0.493 e. The molecule has 0 unspecified atom stereocenters. The summed E-state index contributed by atoms with van der Waals surface area (Å²) in [5.41, 5.74) is 3.78. The molecular weight excluding hydrogens is 210 g/mol. The van der Waals surface area contributed by atoms with E-state index >= 15 is 0 Å². The molecule has 0 bridgehead atoms. The van der Waals surface area contributed by atoms with Gasteiger partial charge in [-0.2, -0.15) is 0 Å². The third-order valence-corrected chi connectivity index (χ3v) is 2.78. The van der Waals surface area contributed by atoms with Crippen LogP contribution in [0.25, 0.3) is 0 Å². The number of ether oxygens (including phenoxy) is 1. The Morgan fingerprint density at radius 1 is 1.06 bits per heavy atom. The first kappa shape index (κ1) is 14.0. The molecule has 0 saturated heterocycles. The third-order valence-electron chi connectivity index (χ3n) is 2.78. The van der Waals surface area contributed by atoms with E-state index in [1.165, 1.54) is 23.1 Å². The van der Waals surface area contributed by atoms with Crippen LogP contribution in [-0.4, -0.2) is 19.7 Å². The Labute approximate surface area is 105 Å². The predicted octanol–water partition coefficient (Wildman–Crippen LogP) is 3.38. The fourth-order valence-electron chi connectivity index (χ4n) is 2.07. The van der Waals surface area contributed by atoms with E-state index in [4.69, 9.17) is 4.74 Å². The van der Waals surface area contributed by atoms with Gasteiger partial charge in [-0.3, -0.25) is 0 Å². The summed E-state index contributed by atoms with van der Waals surface area (Å²) in [6.07, 6.45) is 2.25. The van der Waals surface area contributed by atoms with Gasteiger partial charge >= 0.3 is 0 Å². The summed E-state index contributed by atoms with van der Waals surface area (Å²) in [4.78, 5) is 0. The van der Waals surface area contributed by atoms with E-state index in [1.807, 2.05) is 0 Å². The van der Waals surface area contributed by atoms with Gasteiger partial charge in [-0.25, -0.2) is 0 Å². The van der Waals surface area contributed by atoms with Gasteiger partial charge in [0.2, 0.25) is 0 Å². The predicted molar refractivity (Wildman–Crippen MR) is 73.9 cm³/mol. The molecule has 0 aliphatic rings. The Morgan fingerprint density at radius 3 is 2.29 bits per heavy atom. The van der Waals surface area contributed by atoms with E-state index in [-0.39, 0.29) is 0 Å². The molecule has 0 aromatic heterocycles. The van der Waals surface area contributed by atoms with E-state index in [9.17, 15) is 0 Å². The maximum absolute atomic E-state index is 5.86. The summed E-state index contributed by atoms with van der Waals surface area (Å²) in [7, 11) is 0. The minimum atomic E-state index is 0.793. The van der Waals surface area contributed by atoms with Gasteiger partial charge in [0.1, 0.15) is 5.75 Å². The molecule has 0 fully saturated rings. The zero-order valence-electron chi connectivity index (χ0n) is 11.6. The Hall–Kier alpha value is -1.02. The number of hydrogen-bond acceptors (Lipinski definition) is 2. The van der Waals surface area contributed by atoms with Gasteiger partial charge in [0.15, 0.2) is 0 Å². The van der Waals surface area contributed by atoms with Gasteiger partial charge in [-0.1, -0.05) is 24.6 Å². The van der Waals surface area contributed by atoms with Crippen molar-refractivity contribution < 1.29 is 4.74 Å². The summed E-state index contributed by atoms with van der Waals surface area (Å²) >= 11 is 0. The zero-order chi connectivity index (χ0) is 12.7. The summed E-state index contributed by atoms with van der Waals surface area (Å²) < 4.78 is 5.86. The lowest BCUT2D eigenvalue weighted by Crippen LogP contribution is -2.18. The van der Waals surface area contributed by atoms with Gasteiger partial charge in [-0.05, 0) is 57.8 Å². The molecule has 0 aliphatic carbocycles.